The molecule has 2 aromatic rings. The molecule has 0 unspecified atom stereocenters. The van der Waals surface area contributed by atoms with Crippen molar-refractivity contribution < 1.29 is 13.2 Å². The van der Waals surface area contributed by atoms with Crippen LogP contribution in [-0.2, 0) is 27.7 Å². The molecule has 162 valence electrons. The van der Waals surface area contributed by atoms with E-state index in [1.54, 1.807) is 18.2 Å². The third-order valence-electron chi connectivity index (χ3n) is 5.64. The van der Waals surface area contributed by atoms with Crippen molar-refractivity contribution in [1.82, 2.24) is 5.32 Å². The Bertz CT molecular complexity index is 1040. The van der Waals surface area contributed by atoms with Crippen LogP contribution in [0.1, 0.15) is 54.5 Å². The lowest BCUT2D eigenvalue weighted by molar-refractivity contribution is -0.120. The molecule has 1 aliphatic rings. The molecule has 30 heavy (non-hydrogen) atoms. The lowest BCUT2D eigenvalue weighted by atomic mass is 9.89. The molecule has 0 bridgehead atoms. The molecule has 0 saturated carbocycles. The fraction of sp³-hybridized carbons (Fsp3) is 0.435. The van der Waals surface area contributed by atoms with Crippen molar-refractivity contribution >= 4 is 37.5 Å². The third-order valence-corrected chi connectivity index (χ3v) is 7.67. The Labute approximate surface area is 188 Å². The maximum absolute atomic E-state index is 12.8. The normalized spacial score (nSPS) is 14.7. The van der Waals surface area contributed by atoms with Crippen LogP contribution in [0.15, 0.2) is 40.9 Å². The minimum atomic E-state index is -3.60. The molecule has 1 N–H and O–H groups in total. The zero-order valence-electron chi connectivity index (χ0n) is 17.7. The summed E-state index contributed by atoms with van der Waals surface area (Å²) in [5.74, 6) is -0.314. The Hall–Kier alpha value is -1.86. The van der Waals surface area contributed by atoms with Gasteiger partial charge in [0.15, 0.2) is 0 Å². The van der Waals surface area contributed by atoms with Crippen molar-refractivity contribution in [3.63, 3.8) is 0 Å². The van der Waals surface area contributed by atoms with Crippen LogP contribution in [0.4, 0.5) is 5.69 Å². The number of amides is 1. The van der Waals surface area contributed by atoms with Gasteiger partial charge in [-0.2, -0.15) is 0 Å². The molecule has 0 heterocycles. The molecule has 7 heteroatoms. The zero-order chi connectivity index (χ0) is 21.9. The van der Waals surface area contributed by atoms with Crippen LogP contribution < -0.4 is 9.62 Å². The highest BCUT2D eigenvalue weighted by Crippen LogP contribution is 2.27. The number of hydrogen-bond donors (Lipinski definition) is 1. The van der Waals surface area contributed by atoms with Gasteiger partial charge in [0.2, 0.25) is 15.9 Å². The monoisotopic (exact) mass is 492 g/mol. The summed E-state index contributed by atoms with van der Waals surface area (Å²) in [6, 6.07) is 11.6. The summed E-state index contributed by atoms with van der Waals surface area (Å²) < 4.78 is 26.8. The van der Waals surface area contributed by atoms with Gasteiger partial charge in [0.1, 0.15) is 6.54 Å². The van der Waals surface area contributed by atoms with Gasteiger partial charge < -0.3 is 5.32 Å². The average molecular weight is 493 g/mol. The molecule has 0 saturated heterocycles. The number of carbonyl (C=O) groups is 1. The van der Waals surface area contributed by atoms with Crippen molar-refractivity contribution in [3.05, 3.63) is 63.1 Å². The number of benzene rings is 2. The highest BCUT2D eigenvalue weighted by Gasteiger charge is 2.23. The van der Waals surface area contributed by atoms with Crippen LogP contribution in [0.5, 0.6) is 0 Å². The van der Waals surface area contributed by atoms with E-state index in [-0.39, 0.29) is 18.5 Å². The van der Waals surface area contributed by atoms with Crippen molar-refractivity contribution in [2.45, 2.75) is 52.0 Å². The van der Waals surface area contributed by atoms with Crippen LogP contribution in [-0.4, -0.2) is 27.1 Å². The number of nitrogens with one attached hydrogen (secondary N) is 1. The van der Waals surface area contributed by atoms with Gasteiger partial charge in [0, 0.05) is 4.47 Å². The third kappa shape index (κ3) is 5.43. The summed E-state index contributed by atoms with van der Waals surface area (Å²) in [6.07, 6.45) is 6.50. The second-order valence-electron chi connectivity index (χ2n) is 7.97. The molecule has 2 aromatic carbocycles. The molecular formula is C23H29BrN2O3S. The highest BCUT2D eigenvalue weighted by molar-refractivity contribution is 9.10. The molecule has 0 aliphatic heterocycles. The molecular weight excluding hydrogens is 464 g/mol. The molecule has 0 radical (unpaired) electrons. The summed E-state index contributed by atoms with van der Waals surface area (Å²) >= 11 is 3.43. The van der Waals surface area contributed by atoms with Crippen LogP contribution >= 0.6 is 15.9 Å². The largest absolute Gasteiger partial charge is 0.348 e. The molecule has 0 aromatic heterocycles. The summed E-state index contributed by atoms with van der Waals surface area (Å²) in [5.41, 5.74) is 5.24. The fourth-order valence-corrected chi connectivity index (χ4v) is 5.04. The topological polar surface area (TPSA) is 66.5 Å². The maximum atomic E-state index is 12.8. The molecule has 1 aliphatic carbocycles. The second kappa shape index (κ2) is 9.52. The van der Waals surface area contributed by atoms with E-state index in [0.29, 0.717) is 5.69 Å². The SMILES string of the molecule is CC[C@@H](NC(=O)CN(c1ccc(Br)c(C)c1)S(C)(=O)=O)c1ccc2c(c1)CCCC2. The molecule has 0 spiro atoms. The Morgan fingerprint density at radius 3 is 2.47 bits per heavy atom. The van der Waals surface area contributed by atoms with Crippen molar-refractivity contribution in [3.8, 4) is 0 Å². The first-order chi connectivity index (χ1) is 14.2. The predicted octanol–water partition coefficient (Wildman–Crippen LogP) is 4.67. The zero-order valence-corrected chi connectivity index (χ0v) is 20.1. The number of nitrogens with zero attached hydrogens (tertiary/aromatic N) is 1. The van der Waals surface area contributed by atoms with Gasteiger partial charge in [0.05, 0.1) is 18.0 Å². The highest BCUT2D eigenvalue weighted by atomic mass is 79.9. The van der Waals surface area contributed by atoms with Crippen LogP contribution in [0.25, 0.3) is 0 Å². The molecule has 5 nitrogen and oxygen atoms in total. The number of anilines is 1. The molecule has 0 fully saturated rings. The van der Waals surface area contributed by atoms with Gasteiger partial charge in [0.25, 0.3) is 0 Å². The van der Waals surface area contributed by atoms with E-state index in [1.807, 2.05) is 13.8 Å². The number of fused-ring (bicyclic) bond motifs is 1. The first-order valence-corrected chi connectivity index (χ1v) is 13.0. The maximum Gasteiger partial charge on any atom is 0.241 e. The van der Waals surface area contributed by atoms with E-state index < -0.39 is 10.0 Å². The number of carbonyl (C=O) groups excluding carboxylic acids is 1. The standard InChI is InChI=1S/C23H29BrN2O3S/c1-4-22(19-10-9-17-7-5-6-8-18(17)14-19)25-23(27)15-26(30(3,28)29)20-11-12-21(24)16(2)13-20/h9-14,22H,4-8,15H2,1-3H3,(H,25,27)/t22-/m1/s1. The van der Waals surface area contributed by atoms with Gasteiger partial charge in [-0.05, 0) is 79.5 Å². The quantitative estimate of drug-likeness (QED) is 0.610. The Kier molecular flexibility index (Phi) is 7.24. The summed E-state index contributed by atoms with van der Waals surface area (Å²) in [5, 5.41) is 3.03. The molecule has 1 atom stereocenters. The van der Waals surface area contributed by atoms with E-state index in [0.717, 1.165) is 45.4 Å². The van der Waals surface area contributed by atoms with E-state index in [4.69, 9.17) is 0 Å². The number of hydrogen-bond acceptors (Lipinski definition) is 3. The van der Waals surface area contributed by atoms with E-state index in [9.17, 15) is 13.2 Å². The predicted molar refractivity (Wildman–Crippen MR) is 125 cm³/mol. The van der Waals surface area contributed by atoms with E-state index >= 15 is 0 Å². The fourth-order valence-electron chi connectivity index (χ4n) is 3.95. The summed E-state index contributed by atoms with van der Waals surface area (Å²) in [7, 11) is -3.60. The first-order valence-electron chi connectivity index (χ1n) is 10.3. The van der Waals surface area contributed by atoms with E-state index in [1.165, 1.54) is 24.0 Å². The molecule has 3 rings (SSSR count). The average Bonchev–Trinajstić information content (AvgIpc) is 2.71. The van der Waals surface area contributed by atoms with Crippen LogP contribution in [0.3, 0.4) is 0 Å². The Morgan fingerprint density at radius 1 is 1.13 bits per heavy atom. The summed E-state index contributed by atoms with van der Waals surface area (Å²) in [4.78, 5) is 12.8. The summed E-state index contributed by atoms with van der Waals surface area (Å²) in [6.45, 7) is 3.66. The molecule has 1 amide bonds. The minimum absolute atomic E-state index is 0.141. The first kappa shape index (κ1) is 22.8. The van der Waals surface area contributed by atoms with Crippen molar-refractivity contribution in [2.24, 2.45) is 0 Å². The van der Waals surface area contributed by atoms with Crippen molar-refractivity contribution in [1.29, 1.82) is 0 Å². The number of sulfonamides is 1. The Morgan fingerprint density at radius 2 is 1.83 bits per heavy atom. The van der Waals surface area contributed by atoms with Crippen LogP contribution in [0, 0.1) is 6.92 Å². The van der Waals surface area contributed by atoms with Crippen molar-refractivity contribution in [2.75, 3.05) is 17.1 Å². The number of rotatable bonds is 7. The number of halogens is 1. The number of aryl methyl sites for hydroxylation is 3. The lowest BCUT2D eigenvalue weighted by Crippen LogP contribution is -2.41. The van der Waals surface area contributed by atoms with Gasteiger partial charge >= 0.3 is 0 Å². The van der Waals surface area contributed by atoms with E-state index in [2.05, 4.69) is 39.4 Å². The van der Waals surface area contributed by atoms with Gasteiger partial charge in [-0.1, -0.05) is 41.1 Å². The smallest absolute Gasteiger partial charge is 0.241 e. The minimum Gasteiger partial charge on any atom is -0.348 e. The van der Waals surface area contributed by atoms with Gasteiger partial charge in [-0.15, -0.1) is 0 Å². The van der Waals surface area contributed by atoms with Gasteiger partial charge in [-0.3, -0.25) is 9.10 Å². The lowest BCUT2D eigenvalue weighted by Gasteiger charge is -2.25. The van der Waals surface area contributed by atoms with Gasteiger partial charge in [-0.25, -0.2) is 8.42 Å². The second-order valence-corrected chi connectivity index (χ2v) is 10.7. The van der Waals surface area contributed by atoms with Crippen LogP contribution in [0.2, 0.25) is 0 Å². The Balaban J connectivity index is 1.77.